The molecule has 32 heavy (non-hydrogen) atoms. The van der Waals surface area contributed by atoms with Crippen molar-refractivity contribution in [1.82, 2.24) is 14.7 Å². The molecule has 3 aliphatic rings. The molecule has 9 heteroatoms. The van der Waals surface area contributed by atoms with Crippen LogP contribution in [0.2, 0.25) is 5.02 Å². The molecule has 0 aliphatic carbocycles. The van der Waals surface area contributed by atoms with Gasteiger partial charge in [0.1, 0.15) is 5.78 Å². The van der Waals surface area contributed by atoms with E-state index in [1.54, 1.807) is 24.1 Å². The molecule has 3 amide bonds. The van der Waals surface area contributed by atoms with E-state index in [0.717, 1.165) is 21.8 Å². The molecule has 3 heterocycles. The molecule has 162 valence electrons. The number of carbonyl (C=O) groups excluding carboxylic acids is 3. The molecule has 0 spiro atoms. The van der Waals surface area contributed by atoms with Gasteiger partial charge in [0, 0.05) is 29.5 Å². The maximum Gasteiger partial charge on any atom is 0.328 e. The number of likely N-dealkylation sites (N-methyl/N-ethyl adjacent to an activating group) is 1. The molecule has 0 saturated carbocycles. The number of aliphatic imine (C=N–C) groups is 1. The van der Waals surface area contributed by atoms with Gasteiger partial charge in [0.15, 0.2) is 12.2 Å². The number of anilines is 1. The Hall–Kier alpha value is -3.65. The fourth-order valence-corrected chi connectivity index (χ4v) is 4.39. The zero-order valence-corrected chi connectivity index (χ0v) is 18.2. The largest absolute Gasteiger partial charge is 0.328 e. The number of guanidine groups is 1. The van der Waals surface area contributed by atoms with E-state index in [-0.39, 0.29) is 12.3 Å². The number of rotatable bonds is 4. The van der Waals surface area contributed by atoms with Crippen LogP contribution >= 0.6 is 11.6 Å². The summed E-state index contributed by atoms with van der Waals surface area (Å²) in [5, 5.41) is 0.609. The van der Waals surface area contributed by atoms with Gasteiger partial charge in [-0.3, -0.25) is 24.3 Å². The van der Waals surface area contributed by atoms with E-state index in [1.165, 1.54) is 11.8 Å². The third-order valence-electron chi connectivity index (χ3n) is 5.75. The van der Waals surface area contributed by atoms with Gasteiger partial charge in [-0.25, -0.2) is 9.79 Å². The topological polar surface area (TPSA) is 76.5 Å². The summed E-state index contributed by atoms with van der Waals surface area (Å²) in [6, 6.07) is 15.9. The number of halogens is 1. The van der Waals surface area contributed by atoms with Gasteiger partial charge in [0.2, 0.25) is 5.96 Å². The van der Waals surface area contributed by atoms with Crippen molar-refractivity contribution in [2.45, 2.75) is 19.1 Å². The molecule has 2 unspecified atom stereocenters. The lowest BCUT2D eigenvalue weighted by atomic mass is 10.1. The molecule has 0 bridgehead atoms. The third-order valence-corrected chi connectivity index (χ3v) is 6.00. The first-order valence-corrected chi connectivity index (χ1v) is 10.5. The number of fused-ring (bicyclic) bond motifs is 3. The molecule has 2 aromatic rings. The Balaban J connectivity index is 1.61. The fourth-order valence-electron chi connectivity index (χ4n) is 4.26. The number of carbonyl (C=O) groups is 3. The van der Waals surface area contributed by atoms with Crippen LogP contribution in [0, 0.1) is 0 Å². The van der Waals surface area contributed by atoms with Crippen LogP contribution in [0.5, 0.6) is 0 Å². The van der Waals surface area contributed by atoms with E-state index in [0.29, 0.717) is 11.0 Å². The van der Waals surface area contributed by atoms with Crippen molar-refractivity contribution in [2.24, 2.45) is 4.99 Å². The number of benzene rings is 2. The van der Waals surface area contributed by atoms with Crippen LogP contribution < -0.4 is 4.90 Å². The second-order valence-electron chi connectivity index (χ2n) is 7.91. The molecule has 0 aromatic heterocycles. The molecule has 2 atom stereocenters. The number of hydrogen-bond donors (Lipinski definition) is 0. The summed E-state index contributed by atoms with van der Waals surface area (Å²) >= 11 is 6.10. The first-order valence-electron chi connectivity index (χ1n) is 10.1. The SMILES string of the molecule is CC(=O)CN1C(=O)C2C(N=C3N(c4ccc(Cl)cc4)C(c4ccccc4)=CN32)N(C)C1=O. The Morgan fingerprint density at radius 1 is 1.06 bits per heavy atom. The third kappa shape index (κ3) is 3.06. The smallest absolute Gasteiger partial charge is 0.302 e. The van der Waals surface area contributed by atoms with Crippen LogP contribution in [0.15, 0.2) is 65.8 Å². The Bertz CT molecular complexity index is 1180. The lowest BCUT2D eigenvalue weighted by Gasteiger charge is -2.39. The number of ketones is 1. The van der Waals surface area contributed by atoms with Crippen molar-refractivity contribution >= 4 is 46.7 Å². The molecule has 8 nitrogen and oxygen atoms in total. The number of amides is 3. The average molecular weight is 450 g/mol. The molecule has 3 aliphatic heterocycles. The van der Waals surface area contributed by atoms with Crippen molar-refractivity contribution in [2.75, 3.05) is 18.5 Å². The molecule has 2 aromatic carbocycles. The highest BCUT2D eigenvalue weighted by molar-refractivity contribution is 6.30. The highest BCUT2D eigenvalue weighted by atomic mass is 35.5. The zero-order valence-electron chi connectivity index (χ0n) is 17.5. The van der Waals surface area contributed by atoms with Crippen LogP contribution in [0.4, 0.5) is 10.5 Å². The van der Waals surface area contributed by atoms with Crippen LogP contribution in [-0.2, 0) is 9.59 Å². The predicted octanol–water partition coefficient (Wildman–Crippen LogP) is 3.01. The second-order valence-corrected chi connectivity index (χ2v) is 8.34. The van der Waals surface area contributed by atoms with E-state index in [9.17, 15) is 14.4 Å². The molecular weight excluding hydrogens is 430 g/mol. The number of nitrogens with zero attached hydrogens (tertiary/aromatic N) is 5. The molecule has 1 fully saturated rings. The first kappa shape index (κ1) is 20.3. The minimum Gasteiger partial charge on any atom is -0.302 e. The summed E-state index contributed by atoms with van der Waals surface area (Å²) in [6.45, 7) is 1.10. The summed E-state index contributed by atoms with van der Waals surface area (Å²) in [5.74, 6) is -0.157. The number of Topliss-reactive ketones (excluding diaryl/α,β-unsaturated/α-hetero) is 1. The minimum absolute atomic E-state index is 0.259. The van der Waals surface area contributed by atoms with E-state index >= 15 is 0 Å². The summed E-state index contributed by atoms with van der Waals surface area (Å²) in [7, 11) is 1.60. The van der Waals surface area contributed by atoms with Gasteiger partial charge in [-0.2, -0.15) is 0 Å². The number of hydrogen-bond acceptors (Lipinski definition) is 6. The summed E-state index contributed by atoms with van der Waals surface area (Å²) in [6.07, 6.45) is 1.19. The van der Waals surface area contributed by atoms with Crippen LogP contribution in [0.3, 0.4) is 0 Å². The Morgan fingerprint density at radius 3 is 2.41 bits per heavy atom. The molecule has 0 radical (unpaired) electrons. The second kappa shape index (κ2) is 7.49. The molecule has 1 saturated heterocycles. The van der Waals surface area contributed by atoms with E-state index < -0.39 is 24.1 Å². The monoisotopic (exact) mass is 449 g/mol. The van der Waals surface area contributed by atoms with Crippen molar-refractivity contribution in [1.29, 1.82) is 0 Å². The van der Waals surface area contributed by atoms with E-state index in [4.69, 9.17) is 16.6 Å². The molecular formula is C23H20ClN5O3. The molecule has 0 N–H and O–H groups in total. The minimum atomic E-state index is -0.747. The zero-order chi connectivity index (χ0) is 22.6. The van der Waals surface area contributed by atoms with Gasteiger partial charge in [0.25, 0.3) is 5.91 Å². The summed E-state index contributed by atoms with van der Waals surface area (Å²) < 4.78 is 0. The number of imide groups is 1. The highest BCUT2D eigenvalue weighted by Gasteiger charge is 2.55. The van der Waals surface area contributed by atoms with Gasteiger partial charge in [-0.1, -0.05) is 41.9 Å². The Morgan fingerprint density at radius 2 is 1.75 bits per heavy atom. The average Bonchev–Trinajstić information content (AvgIpc) is 3.33. The normalized spacial score (nSPS) is 22.1. The Labute approximate surface area is 190 Å². The maximum absolute atomic E-state index is 13.3. The quantitative estimate of drug-likeness (QED) is 0.717. The standard InChI is InChI=1S/C23H20ClN5O3/c1-14(30)12-28-21(31)19-20(26(2)23(28)32)25-22-27(19)13-18(15-6-4-3-5-7-15)29(22)17-10-8-16(24)9-11-17/h3-11,13,19-20H,12H2,1-2H3. The van der Waals surface area contributed by atoms with Crippen LogP contribution in [0.1, 0.15) is 12.5 Å². The van der Waals surface area contributed by atoms with E-state index in [2.05, 4.69) is 0 Å². The summed E-state index contributed by atoms with van der Waals surface area (Å²) in [4.78, 5) is 48.7. The maximum atomic E-state index is 13.3. The Kier molecular flexibility index (Phi) is 4.74. The van der Waals surface area contributed by atoms with Crippen LogP contribution in [0.25, 0.3) is 5.70 Å². The van der Waals surface area contributed by atoms with Crippen LogP contribution in [-0.4, -0.2) is 64.2 Å². The van der Waals surface area contributed by atoms with Crippen molar-refractivity contribution in [3.05, 3.63) is 71.4 Å². The van der Waals surface area contributed by atoms with E-state index in [1.807, 2.05) is 53.6 Å². The highest BCUT2D eigenvalue weighted by Crippen LogP contribution is 2.40. The predicted molar refractivity (Wildman–Crippen MR) is 121 cm³/mol. The van der Waals surface area contributed by atoms with Crippen molar-refractivity contribution in [3.8, 4) is 0 Å². The van der Waals surface area contributed by atoms with Crippen molar-refractivity contribution in [3.63, 3.8) is 0 Å². The van der Waals surface area contributed by atoms with Gasteiger partial charge in [-0.05, 0) is 31.2 Å². The van der Waals surface area contributed by atoms with Gasteiger partial charge < -0.3 is 4.90 Å². The lowest BCUT2D eigenvalue weighted by molar-refractivity contribution is -0.139. The fraction of sp³-hybridized carbons (Fsp3) is 0.217. The number of urea groups is 1. The van der Waals surface area contributed by atoms with Gasteiger partial charge >= 0.3 is 6.03 Å². The lowest BCUT2D eigenvalue weighted by Crippen LogP contribution is -2.64. The molecule has 5 rings (SSSR count). The first-order chi connectivity index (χ1) is 15.4. The van der Waals surface area contributed by atoms with Gasteiger partial charge in [-0.15, -0.1) is 0 Å². The van der Waals surface area contributed by atoms with Crippen molar-refractivity contribution < 1.29 is 14.4 Å². The van der Waals surface area contributed by atoms with Gasteiger partial charge in [0.05, 0.1) is 12.2 Å². The summed E-state index contributed by atoms with van der Waals surface area (Å²) in [5.41, 5.74) is 2.62.